The summed E-state index contributed by atoms with van der Waals surface area (Å²) in [5.41, 5.74) is 3.25. The number of carbonyl (C=O) groups excluding carboxylic acids is 1. The molecular weight excluding hydrogens is 535 g/mol. The fourth-order valence-corrected chi connectivity index (χ4v) is 7.12. The standard InChI is InChI=1S/C30H29NO2S4/c1-4-5-7-11-22(2)26-20-24(28(36-26)25-14-10-19-35-25)16-18-33-27(32)15-17-30(3,21-31)37-29(34)23-12-8-6-9-13-23/h4-14,19-20H,1,15-18H2,2-3H3/b7-5-,22-11+. The Morgan fingerprint density at radius 3 is 2.70 bits per heavy atom. The van der Waals surface area contributed by atoms with Gasteiger partial charge in [-0.05, 0) is 54.5 Å². The van der Waals surface area contributed by atoms with Crippen molar-refractivity contribution in [2.24, 2.45) is 0 Å². The number of hydrogen-bond acceptors (Lipinski definition) is 7. The Morgan fingerprint density at radius 1 is 1.24 bits per heavy atom. The Balaban J connectivity index is 1.58. The van der Waals surface area contributed by atoms with Crippen molar-refractivity contribution in [2.45, 2.75) is 37.9 Å². The van der Waals surface area contributed by atoms with Gasteiger partial charge in [-0.2, -0.15) is 5.26 Å². The second-order valence-corrected chi connectivity index (χ2v) is 12.7. The van der Waals surface area contributed by atoms with E-state index in [1.807, 2.05) is 55.5 Å². The van der Waals surface area contributed by atoms with E-state index in [2.05, 4.69) is 43.2 Å². The maximum absolute atomic E-state index is 12.5. The number of benzene rings is 1. The Bertz CT molecular complexity index is 1310. The highest BCUT2D eigenvalue weighted by Crippen LogP contribution is 2.38. The summed E-state index contributed by atoms with van der Waals surface area (Å²) >= 11 is 10.3. The maximum atomic E-state index is 12.5. The van der Waals surface area contributed by atoms with Crippen LogP contribution in [0.3, 0.4) is 0 Å². The van der Waals surface area contributed by atoms with E-state index in [0.717, 1.165) is 5.56 Å². The summed E-state index contributed by atoms with van der Waals surface area (Å²) in [6, 6.07) is 18.3. The molecule has 3 nitrogen and oxygen atoms in total. The lowest BCUT2D eigenvalue weighted by atomic mass is 10.1. The van der Waals surface area contributed by atoms with E-state index in [1.165, 1.54) is 37.5 Å². The monoisotopic (exact) mass is 563 g/mol. The van der Waals surface area contributed by atoms with Crippen LogP contribution < -0.4 is 0 Å². The van der Waals surface area contributed by atoms with Crippen LogP contribution in [-0.2, 0) is 16.0 Å². The van der Waals surface area contributed by atoms with Gasteiger partial charge in [0.1, 0.15) is 4.75 Å². The molecule has 0 spiro atoms. The highest BCUT2D eigenvalue weighted by Gasteiger charge is 2.28. The van der Waals surface area contributed by atoms with Crippen molar-refractivity contribution < 1.29 is 9.53 Å². The molecular formula is C30H29NO2S4. The van der Waals surface area contributed by atoms with E-state index in [4.69, 9.17) is 17.0 Å². The number of nitrogens with zero attached hydrogens (tertiary/aromatic N) is 1. The second-order valence-electron chi connectivity index (χ2n) is 8.48. The molecule has 1 aromatic carbocycles. The molecule has 0 saturated heterocycles. The summed E-state index contributed by atoms with van der Waals surface area (Å²) in [4.78, 5) is 16.1. The number of ether oxygens (including phenoxy) is 1. The van der Waals surface area contributed by atoms with E-state index in [-0.39, 0.29) is 12.4 Å². The number of hydrogen-bond donors (Lipinski definition) is 0. The summed E-state index contributed by atoms with van der Waals surface area (Å²) in [6.45, 7) is 7.92. The van der Waals surface area contributed by atoms with Crippen LogP contribution in [-0.4, -0.2) is 21.5 Å². The minimum Gasteiger partial charge on any atom is -0.465 e. The van der Waals surface area contributed by atoms with Gasteiger partial charge in [0.15, 0.2) is 0 Å². The average Bonchev–Trinajstić information content (AvgIpc) is 3.58. The second kappa shape index (κ2) is 14.3. The zero-order valence-corrected chi connectivity index (χ0v) is 24.2. The summed E-state index contributed by atoms with van der Waals surface area (Å²) in [7, 11) is 0. The predicted octanol–water partition coefficient (Wildman–Crippen LogP) is 8.88. The molecule has 190 valence electrons. The van der Waals surface area contributed by atoms with Crippen LogP contribution in [0.2, 0.25) is 0 Å². The molecule has 0 aliphatic rings. The molecule has 0 aliphatic heterocycles. The zero-order chi connectivity index (χ0) is 26.7. The van der Waals surface area contributed by atoms with Crippen molar-refractivity contribution in [3.63, 3.8) is 0 Å². The third-order valence-corrected chi connectivity index (χ3v) is 9.56. The fraction of sp³-hybridized carbons (Fsp3) is 0.233. The van der Waals surface area contributed by atoms with E-state index in [1.54, 1.807) is 28.7 Å². The molecule has 1 atom stereocenters. The lowest BCUT2D eigenvalue weighted by Gasteiger charge is -2.20. The van der Waals surface area contributed by atoms with Crippen molar-refractivity contribution in [3.05, 3.63) is 101 Å². The molecule has 1 unspecified atom stereocenters. The Morgan fingerprint density at radius 2 is 2.03 bits per heavy atom. The SMILES string of the molecule is C=C/C=C\C=C(/C)c1cc(CCOC(=O)CCC(C)(C#N)SC(=S)c2ccccc2)c(-c2cccs2)s1. The smallest absolute Gasteiger partial charge is 0.305 e. The topological polar surface area (TPSA) is 50.1 Å². The first-order chi connectivity index (χ1) is 17.8. The molecule has 0 saturated carbocycles. The third-order valence-electron chi connectivity index (χ3n) is 5.54. The summed E-state index contributed by atoms with van der Waals surface area (Å²) in [5, 5.41) is 11.8. The number of nitriles is 1. The van der Waals surface area contributed by atoms with Gasteiger partial charge in [-0.25, -0.2) is 0 Å². The van der Waals surface area contributed by atoms with Crippen molar-refractivity contribution in [2.75, 3.05) is 6.61 Å². The molecule has 0 N–H and O–H groups in total. The van der Waals surface area contributed by atoms with E-state index < -0.39 is 4.75 Å². The molecule has 0 aliphatic carbocycles. The molecule has 7 heteroatoms. The summed E-state index contributed by atoms with van der Waals surface area (Å²) in [5.74, 6) is -0.300. The van der Waals surface area contributed by atoms with Gasteiger partial charge in [0.2, 0.25) is 0 Å². The molecule has 3 rings (SSSR count). The van der Waals surface area contributed by atoms with Gasteiger partial charge in [-0.15, -0.1) is 22.7 Å². The Labute approximate surface area is 237 Å². The van der Waals surface area contributed by atoms with Crippen LogP contribution in [0, 0.1) is 11.3 Å². The van der Waals surface area contributed by atoms with Crippen molar-refractivity contribution in [1.29, 1.82) is 5.26 Å². The molecule has 2 aromatic heterocycles. The number of esters is 1. The normalized spacial score (nSPS) is 13.2. The van der Waals surface area contributed by atoms with E-state index in [9.17, 15) is 10.1 Å². The summed E-state index contributed by atoms with van der Waals surface area (Å²) in [6.07, 6.45) is 8.88. The molecule has 3 aromatic rings. The van der Waals surface area contributed by atoms with E-state index in [0.29, 0.717) is 23.6 Å². The number of allylic oxidation sites excluding steroid dienone is 5. The molecule has 37 heavy (non-hydrogen) atoms. The van der Waals surface area contributed by atoms with Gasteiger partial charge < -0.3 is 4.74 Å². The Kier molecular flexibility index (Phi) is 11.1. The van der Waals surface area contributed by atoms with Crippen molar-refractivity contribution in [1.82, 2.24) is 0 Å². The number of thiophene rings is 2. The first-order valence-corrected chi connectivity index (χ1v) is 14.8. The Hall–Kier alpha value is -2.76. The first kappa shape index (κ1) is 28.8. The van der Waals surface area contributed by atoms with Crippen molar-refractivity contribution >= 4 is 62.4 Å². The largest absolute Gasteiger partial charge is 0.465 e. The molecule has 0 bridgehead atoms. The van der Waals surface area contributed by atoms with Gasteiger partial charge in [0.05, 0.1) is 16.9 Å². The maximum Gasteiger partial charge on any atom is 0.305 e. The van der Waals surface area contributed by atoms with Gasteiger partial charge in [-0.3, -0.25) is 4.79 Å². The molecule has 0 fully saturated rings. The van der Waals surface area contributed by atoms with Crippen LogP contribution >= 0.6 is 46.7 Å². The number of rotatable bonds is 12. The fourth-order valence-electron chi connectivity index (χ4n) is 3.44. The lowest BCUT2D eigenvalue weighted by Crippen LogP contribution is -2.22. The third kappa shape index (κ3) is 8.65. The molecule has 2 heterocycles. The first-order valence-electron chi connectivity index (χ1n) is 11.8. The highest BCUT2D eigenvalue weighted by molar-refractivity contribution is 8.24. The van der Waals surface area contributed by atoms with Crippen LogP contribution in [0.5, 0.6) is 0 Å². The number of thioether (sulfide) groups is 1. The molecule has 0 amide bonds. The van der Waals surface area contributed by atoms with E-state index >= 15 is 0 Å². The van der Waals surface area contributed by atoms with Gasteiger partial charge in [0, 0.05) is 27.5 Å². The average molecular weight is 564 g/mol. The van der Waals surface area contributed by atoms with Crippen LogP contribution in [0.4, 0.5) is 0 Å². The van der Waals surface area contributed by atoms with Gasteiger partial charge >= 0.3 is 5.97 Å². The van der Waals surface area contributed by atoms with Gasteiger partial charge in [0.25, 0.3) is 0 Å². The van der Waals surface area contributed by atoms with Crippen LogP contribution in [0.25, 0.3) is 15.3 Å². The zero-order valence-electron chi connectivity index (χ0n) is 20.9. The summed E-state index contributed by atoms with van der Waals surface area (Å²) < 4.78 is 5.43. The minimum absolute atomic E-state index is 0.165. The highest BCUT2D eigenvalue weighted by atomic mass is 32.2. The molecule has 0 radical (unpaired) electrons. The minimum atomic E-state index is -0.801. The van der Waals surface area contributed by atoms with Crippen LogP contribution in [0.15, 0.2) is 84.8 Å². The quantitative estimate of drug-likeness (QED) is 0.125. The number of thiocarbonyl (C=S) groups is 1. The van der Waals surface area contributed by atoms with Gasteiger partial charge in [-0.1, -0.05) is 91.3 Å². The number of carbonyl (C=O) groups is 1. The van der Waals surface area contributed by atoms with Crippen LogP contribution in [0.1, 0.15) is 42.7 Å². The van der Waals surface area contributed by atoms with Crippen molar-refractivity contribution in [3.8, 4) is 15.8 Å². The predicted molar refractivity (Wildman–Crippen MR) is 164 cm³/mol. The lowest BCUT2D eigenvalue weighted by molar-refractivity contribution is -0.143.